The third-order valence-electron chi connectivity index (χ3n) is 3.87. The number of ether oxygens (including phenoxy) is 1. The standard InChI is InChI=1S/C17H21NO4/c1-12-5-7-15(22-2)13(10-12)6-8-16(19)18-9-3-4-14(11-18)17(20)21/h5-8,10,14H,3-4,9,11H2,1-2H3,(H,20,21)/b8-6+/t14-/m0/s1. The summed E-state index contributed by atoms with van der Waals surface area (Å²) in [7, 11) is 1.59. The van der Waals surface area contributed by atoms with Crippen LogP contribution in [0.3, 0.4) is 0 Å². The van der Waals surface area contributed by atoms with E-state index in [9.17, 15) is 9.59 Å². The monoisotopic (exact) mass is 303 g/mol. The first kappa shape index (κ1) is 16.1. The molecule has 0 spiro atoms. The molecule has 2 rings (SSSR count). The topological polar surface area (TPSA) is 66.8 Å². The Labute approximate surface area is 130 Å². The van der Waals surface area contributed by atoms with Crippen LogP contribution in [0.2, 0.25) is 0 Å². The smallest absolute Gasteiger partial charge is 0.308 e. The van der Waals surface area contributed by atoms with Gasteiger partial charge in [0, 0.05) is 24.7 Å². The van der Waals surface area contributed by atoms with Gasteiger partial charge in [-0.25, -0.2) is 0 Å². The number of carboxylic acids is 1. The van der Waals surface area contributed by atoms with Gasteiger partial charge < -0.3 is 14.7 Å². The van der Waals surface area contributed by atoms with Crippen LogP contribution in [0.1, 0.15) is 24.0 Å². The number of benzene rings is 1. The quantitative estimate of drug-likeness (QED) is 0.867. The van der Waals surface area contributed by atoms with Crippen LogP contribution in [0.5, 0.6) is 5.75 Å². The molecule has 1 heterocycles. The Morgan fingerprint density at radius 1 is 1.41 bits per heavy atom. The fourth-order valence-corrected chi connectivity index (χ4v) is 2.63. The molecule has 0 saturated carbocycles. The molecule has 1 aromatic rings. The summed E-state index contributed by atoms with van der Waals surface area (Å²) >= 11 is 0. The van der Waals surface area contributed by atoms with Crippen molar-refractivity contribution < 1.29 is 19.4 Å². The van der Waals surface area contributed by atoms with Crippen molar-refractivity contribution in [2.45, 2.75) is 19.8 Å². The zero-order valence-electron chi connectivity index (χ0n) is 12.9. The maximum Gasteiger partial charge on any atom is 0.308 e. The maximum absolute atomic E-state index is 12.2. The fraction of sp³-hybridized carbons (Fsp3) is 0.412. The number of aryl methyl sites for hydroxylation is 1. The summed E-state index contributed by atoms with van der Waals surface area (Å²) < 4.78 is 5.27. The first-order valence-electron chi connectivity index (χ1n) is 7.35. The van der Waals surface area contributed by atoms with E-state index in [4.69, 9.17) is 9.84 Å². The third kappa shape index (κ3) is 3.87. The number of rotatable bonds is 4. The van der Waals surface area contributed by atoms with Crippen LogP contribution in [-0.4, -0.2) is 42.1 Å². The lowest BCUT2D eigenvalue weighted by Gasteiger charge is -2.29. The van der Waals surface area contributed by atoms with E-state index in [2.05, 4.69) is 0 Å². The number of carbonyl (C=O) groups is 2. The second-order valence-electron chi connectivity index (χ2n) is 5.54. The van der Waals surface area contributed by atoms with Crippen molar-refractivity contribution >= 4 is 18.0 Å². The maximum atomic E-state index is 12.2. The number of likely N-dealkylation sites (tertiary alicyclic amines) is 1. The minimum Gasteiger partial charge on any atom is -0.496 e. The Hall–Kier alpha value is -2.30. The normalized spacial score (nSPS) is 18.5. The lowest BCUT2D eigenvalue weighted by atomic mass is 9.98. The number of carbonyl (C=O) groups excluding carboxylic acids is 1. The van der Waals surface area contributed by atoms with Crippen LogP contribution in [0.4, 0.5) is 0 Å². The number of hydrogen-bond donors (Lipinski definition) is 1. The lowest BCUT2D eigenvalue weighted by molar-refractivity contribution is -0.144. The highest BCUT2D eigenvalue weighted by Gasteiger charge is 2.27. The average molecular weight is 303 g/mol. The first-order valence-corrected chi connectivity index (χ1v) is 7.35. The third-order valence-corrected chi connectivity index (χ3v) is 3.87. The van der Waals surface area contributed by atoms with Gasteiger partial charge in [-0.15, -0.1) is 0 Å². The molecule has 0 unspecified atom stereocenters. The summed E-state index contributed by atoms with van der Waals surface area (Å²) in [4.78, 5) is 24.9. The molecule has 1 amide bonds. The van der Waals surface area contributed by atoms with Crippen LogP contribution in [0, 0.1) is 12.8 Å². The number of nitrogens with zero attached hydrogens (tertiary/aromatic N) is 1. The SMILES string of the molecule is COc1ccc(C)cc1/C=C/C(=O)N1CCC[C@H](C(=O)O)C1. The van der Waals surface area contributed by atoms with Gasteiger partial charge >= 0.3 is 5.97 Å². The van der Waals surface area contributed by atoms with Gasteiger partial charge in [0.15, 0.2) is 0 Å². The molecule has 118 valence electrons. The van der Waals surface area contributed by atoms with Gasteiger partial charge in [-0.05, 0) is 38.0 Å². The number of piperidine rings is 1. The molecular weight excluding hydrogens is 282 g/mol. The molecule has 1 atom stereocenters. The van der Waals surface area contributed by atoms with Crippen LogP contribution >= 0.6 is 0 Å². The summed E-state index contributed by atoms with van der Waals surface area (Å²) in [6.07, 6.45) is 4.57. The number of aliphatic carboxylic acids is 1. The van der Waals surface area contributed by atoms with Gasteiger partial charge in [0.05, 0.1) is 13.0 Å². The fourth-order valence-electron chi connectivity index (χ4n) is 2.63. The summed E-state index contributed by atoms with van der Waals surface area (Å²) in [6, 6.07) is 5.75. The van der Waals surface area contributed by atoms with Crippen LogP contribution in [-0.2, 0) is 9.59 Å². The van der Waals surface area contributed by atoms with E-state index < -0.39 is 11.9 Å². The number of hydrogen-bond acceptors (Lipinski definition) is 3. The molecule has 1 fully saturated rings. The Morgan fingerprint density at radius 2 is 2.18 bits per heavy atom. The highest BCUT2D eigenvalue weighted by Crippen LogP contribution is 2.22. The van der Waals surface area contributed by atoms with Crippen molar-refractivity contribution in [2.24, 2.45) is 5.92 Å². The van der Waals surface area contributed by atoms with Crippen molar-refractivity contribution in [1.82, 2.24) is 4.90 Å². The summed E-state index contributed by atoms with van der Waals surface area (Å²) in [5.74, 6) is -0.743. The van der Waals surface area contributed by atoms with Crippen LogP contribution < -0.4 is 4.74 Å². The van der Waals surface area contributed by atoms with Gasteiger partial charge in [0.25, 0.3) is 0 Å². The number of amides is 1. The second-order valence-corrected chi connectivity index (χ2v) is 5.54. The lowest BCUT2D eigenvalue weighted by Crippen LogP contribution is -2.41. The highest BCUT2D eigenvalue weighted by atomic mass is 16.5. The van der Waals surface area contributed by atoms with E-state index in [1.54, 1.807) is 18.1 Å². The molecule has 1 saturated heterocycles. The van der Waals surface area contributed by atoms with E-state index in [-0.39, 0.29) is 12.5 Å². The molecule has 0 aliphatic carbocycles. The molecule has 0 bridgehead atoms. The summed E-state index contributed by atoms with van der Waals surface area (Å²) in [5.41, 5.74) is 1.92. The van der Waals surface area contributed by atoms with E-state index in [0.29, 0.717) is 18.7 Å². The first-order chi connectivity index (χ1) is 10.5. The molecule has 0 radical (unpaired) electrons. The Bertz CT molecular complexity index is 594. The molecule has 5 nitrogen and oxygen atoms in total. The Kier molecular flexibility index (Phi) is 5.20. The van der Waals surface area contributed by atoms with Gasteiger partial charge in [-0.1, -0.05) is 11.6 Å². The van der Waals surface area contributed by atoms with Crippen molar-refractivity contribution in [3.63, 3.8) is 0 Å². The van der Waals surface area contributed by atoms with E-state index in [0.717, 1.165) is 17.5 Å². The van der Waals surface area contributed by atoms with E-state index >= 15 is 0 Å². The van der Waals surface area contributed by atoms with Crippen molar-refractivity contribution in [3.05, 3.63) is 35.4 Å². The highest BCUT2D eigenvalue weighted by molar-refractivity contribution is 5.92. The molecule has 1 aliphatic heterocycles. The summed E-state index contributed by atoms with van der Waals surface area (Å²) in [6.45, 7) is 2.86. The van der Waals surface area contributed by atoms with Crippen molar-refractivity contribution in [1.29, 1.82) is 0 Å². The minimum atomic E-state index is -0.832. The number of carboxylic acid groups (broad SMARTS) is 1. The molecule has 1 N–H and O–H groups in total. The second kappa shape index (κ2) is 7.11. The average Bonchev–Trinajstić information content (AvgIpc) is 2.52. The molecule has 1 aromatic carbocycles. The summed E-state index contributed by atoms with van der Waals surface area (Å²) in [5, 5.41) is 9.07. The Morgan fingerprint density at radius 3 is 2.86 bits per heavy atom. The Balaban J connectivity index is 2.08. The molecule has 22 heavy (non-hydrogen) atoms. The zero-order chi connectivity index (χ0) is 16.1. The van der Waals surface area contributed by atoms with E-state index in [1.165, 1.54) is 6.08 Å². The van der Waals surface area contributed by atoms with Crippen LogP contribution in [0.15, 0.2) is 24.3 Å². The molecule has 0 aromatic heterocycles. The van der Waals surface area contributed by atoms with Crippen molar-refractivity contribution in [3.8, 4) is 5.75 Å². The van der Waals surface area contributed by atoms with Crippen molar-refractivity contribution in [2.75, 3.05) is 20.2 Å². The molecule has 1 aliphatic rings. The molecule has 5 heteroatoms. The van der Waals surface area contributed by atoms with Gasteiger partial charge in [0.1, 0.15) is 5.75 Å². The van der Waals surface area contributed by atoms with Gasteiger partial charge in [-0.2, -0.15) is 0 Å². The van der Waals surface area contributed by atoms with Crippen LogP contribution in [0.25, 0.3) is 6.08 Å². The van der Waals surface area contributed by atoms with Gasteiger partial charge in [-0.3, -0.25) is 9.59 Å². The van der Waals surface area contributed by atoms with Gasteiger partial charge in [0.2, 0.25) is 5.91 Å². The van der Waals surface area contributed by atoms with E-state index in [1.807, 2.05) is 25.1 Å². The number of methoxy groups -OCH3 is 1. The zero-order valence-corrected chi connectivity index (χ0v) is 12.9. The largest absolute Gasteiger partial charge is 0.496 e. The molecular formula is C17H21NO4. The predicted molar refractivity (Wildman–Crippen MR) is 83.7 cm³/mol. The predicted octanol–water partition coefficient (Wildman–Crippen LogP) is 2.34. The minimum absolute atomic E-state index is 0.158.